The van der Waals surface area contributed by atoms with Gasteiger partial charge in [0.2, 0.25) is 0 Å². The van der Waals surface area contributed by atoms with Crippen LogP contribution in [0.15, 0.2) is 0 Å². The summed E-state index contributed by atoms with van der Waals surface area (Å²) in [5.41, 5.74) is 0. The molecule has 0 amide bonds. The molecule has 0 aromatic rings. The van der Waals surface area contributed by atoms with E-state index in [1.807, 2.05) is 13.8 Å². The predicted octanol–water partition coefficient (Wildman–Crippen LogP) is 1.92. The van der Waals surface area contributed by atoms with E-state index < -0.39 is 0 Å². The molecule has 0 bridgehead atoms. The van der Waals surface area contributed by atoms with Crippen LogP contribution in [0.2, 0.25) is 0 Å². The maximum atomic E-state index is 11.6. The van der Waals surface area contributed by atoms with Gasteiger partial charge in [-0.05, 0) is 32.1 Å². The molecule has 1 rings (SSSR count). The minimum Gasteiger partial charge on any atom is -0.465 e. The molecule has 1 fully saturated rings. The molecule has 3 nitrogen and oxygen atoms in total. The third kappa shape index (κ3) is 3.49. The zero-order valence-electron chi connectivity index (χ0n) is 10.3. The number of rotatable bonds is 3. The minimum absolute atomic E-state index is 0.0844. The summed E-state index contributed by atoms with van der Waals surface area (Å²) < 4.78 is 5.05. The molecule has 0 spiro atoms. The summed E-state index contributed by atoms with van der Waals surface area (Å²) in [5, 5.41) is 0. The Balaban J connectivity index is 2.51. The molecule has 0 radical (unpaired) electrons. The van der Waals surface area contributed by atoms with Crippen molar-refractivity contribution in [2.24, 2.45) is 11.8 Å². The summed E-state index contributed by atoms with van der Waals surface area (Å²) >= 11 is 0. The normalized spacial score (nSPS) is 29.9. The predicted molar refractivity (Wildman–Crippen MR) is 60.6 cm³/mol. The zero-order chi connectivity index (χ0) is 11.4. The lowest BCUT2D eigenvalue weighted by molar-refractivity contribution is -0.149. The van der Waals surface area contributed by atoms with E-state index in [9.17, 15) is 4.79 Å². The van der Waals surface area contributed by atoms with Crippen LogP contribution in [0, 0.1) is 11.8 Å². The third-order valence-electron chi connectivity index (χ3n) is 3.07. The molecule has 3 heteroatoms. The Labute approximate surface area is 92.8 Å². The van der Waals surface area contributed by atoms with E-state index in [4.69, 9.17) is 4.74 Å². The second kappa shape index (κ2) is 5.50. The molecule has 0 aliphatic carbocycles. The first-order chi connectivity index (χ1) is 7.04. The second-order valence-electron chi connectivity index (χ2n) is 4.83. The van der Waals surface area contributed by atoms with Gasteiger partial charge in [-0.3, -0.25) is 9.69 Å². The molecule has 88 valence electrons. The van der Waals surface area contributed by atoms with Gasteiger partial charge in [-0.15, -0.1) is 0 Å². The van der Waals surface area contributed by atoms with Gasteiger partial charge in [-0.1, -0.05) is 13.8 Å². The van der Waals surface area contributed by atoms with Crippen molar-refractivity contribution in [3.05, 3.63) is 0 Å². The van der Waals surface area contributed by atoms with Gasteiger partial charge in [-0.2, -0.15) is 0 Å². The molecule has 1 aliphatic rings. The lowest BCUT2D eigenvalue weighted by Gasteiger charge is -2.37. The van der Waals surface area contributed by atoms with Gasteiger partial charge in [-0.25, -0.2) is 0 Å². The van der Waals surface area contributed by atoms with Crippen LogP contribution in [0.5, 0.6) is 0 Å². The lowest BCUT2D eigenvalue weighted by atomic mass is 9.91. The highest BCUT2D eigenvalue weighted by Gasteiger charge is 2.29. The summed E-state index contributed by atoms with van der Waals surface area (Å²) in [6.45, 7) is 10.8. The van der Waals surface area contributed by atoms with Gasteiger partial charge in [0.05, 0.1) is 6.61 Å². The van der Waals surface area contributed by atoms with Gasteiger partial charge in [0, 0.05) is 13.1 Å². The van der Waals surface area contributed by atoms with Crippen molar-refractivity contribution >= 4 is 5.97 Å². The topological polar surface area (TPSA) is 29.5 Å². The molecule has 0 aromatic carbocycles. The molecule has 0 N–H and O–H groups in total. The average Bonchev–Trinajstić information content (AvgIpc) is 2.15. The van der Waals surface area contributed by atoms with Crippen molar-refractivity contribution < 1.29 is 9.53 Å². The van der Waals surface area contributed by atoms with E-state index in [1.165, 1.54) is 6.42 Å². The van der Waals surface area contributed by atoms with Crippen molar-refractivity contribution in [1.29, 1.82) is 0 Å². The Bertz CT molecular complexity index is 208. The van der Waals surface area contributed by atoms with Crippen LogP contribution in [0.25, 0.3) is 0 Å². The first-order valence-corrected chi connectivity index (χ1v) is 5.95. The molecule has 1 aliphatic heterocycles. The first-order valence-electron chi connectivity index (χ1n) is 5.95. The lowest BCUT2D eigenvalue weighted by Crippen LogP contribution is -2.47. The van der Waals surface area contributed by atoms with E-state index >= 15 is 0 Å². The highest BCUT2D eigenvalue weighted by atomic mass is 16.5. The van der Waals surface area contributed by atoms with Crippen molar-refractivity contribution in [3.8, 4) is 0 Å². The third-order valence-corrected chi connectivity index (χ3v) is 3.07. The van der Waals surface area contributed by atoms with Crippen LogP contribution in [0.1, 0.15) is 34.1 Å². The number of nitrogens with zero attached hydrogens (tertiary/aromatic N) is 1. The number of hydrogen-bond acceptors (Lipinski definition) is 3. The summed E-state index contributed by atoms with van der Waals surface area (Å²) in [6, 6.07) is -0.0878. The van der Waals surface area contributed by atoms with Gasteiger partial charge >= 0.3 is 5.97 Å². The Morgan fingerprint density at radius 2 is 1.93 bits per heavy atom. The average molecular weight is 213 g/mol. The number of carbonyl (C=O) groups is 1. The van der Waals surface area contributed by atoms with Gasteiger partial charge in [0.25, 0.3) is 0 Å². The summed E-state index contributed by atoms with van der Waals surface area (Å²) in [6.07, 6.45) is 1.27. The zero-order valence-corrected chi connectivity index (χ0v) is 10.3. The Kier molecular flexibility index (Phi) is 4.58. The van der Waals surface area contributed by atoms with E-state index in [1.54, 1.807) is 0 Å². The fraction of sp³-hybridized carbons (Fsp3) is 0.917. The Hall–Kier alpha value is -0.570. The van der Waals surface area contributed by atoms with Crippen molar-refractivity contribution in [2.45, 2.75) is 40.2 Å². The highest BCUT2D eigenvalue weighted by Crippen LogP contribution is 2.22. The number of ether oxygens (including phenoxy) is 1. The maximum Gasteiger partial charge on any atom is 0.323 e. The largest absolute Gasteiger partial charge is 0.465 e. The van der Waals surface area contributed by atoms with Crippen LogP contribution >= 0.6 is 0 Å². The maximum absolute atomic E-state index is 11.6. The van der Waals surface area contributed by atoms with Gasteiger partial charge in [0.15, 0.2) is 0 Å². The van der Waals surface area contributed by atoms with E-state index in [-0.39, 0.29) is 12.0 Å². The number of likely N-dealkylation sites (tertiary alicyclic amines) is 1. The number of esters is 1. The molecule has 1 saturated heterocycles. The van der Waals surface area contributed by atoms with E-state index in [0.717, 1.165) is 13.1 Å². The van der Waals surface area contributed by atoms with E-state index in [0.29, 0.717) is 18.4 Å². The molecular weight excluding hydrogens is 190 g/mol. The van der Waals surface area contributed by atoms with Crippen LogP contribution in [-0.2, 0) is 9.53 Å². The molecular formula is C12H23NO2. The fourth-order valence-electron chi connectivity index (χ4n) is 2.44. The smallest absolute Gasteiger partial charge is 0.323 e. The first kappa shape index (κ1) is 12.5. The molecule has 3 atom stereocenters. The highest BCUT2D eigenvalue weighted by molar-refractivity contribution is 5.75. The number of carbonyl (C=O) groups excluding carboxylic acids is 1. The van der Waals surface area contributed by atoms with Crippen molar-refractivity contribution in [2.75, 3.05) is 19.7 Å². The Morgan fingerprint density at radius 3 is 2.40 bits per heavy atom. The van der Waals surface area contributed by atoms with Gasteiger partial charge < -0.3 is 4.74 Å². The second-order valence-corrected chi connectivity index (χ2v) is 4.83. The van der Waals surface area contributed by atoms with Crippen molar-refractivity contribution in [1.82, 2.24) is 4.90 Å². The minimum atomic E-state index is -0.0878. The summed E-state index contributed by atoms with van der Waals surface area (Å²) in [5.74, 6) is 1.29. The van der Waals surface area contributed by atoms with Gasteiger partial charge in [0.1, 0.15) is 6.04 Å². The summed E-state index contributed by atoms with van der Waals surface area (Å²) in [4.78, 5) is 13.8. The molecule has 15 heavy (non-hydrogen) atoms. The molecule has 0 saturated carbocycles. The van der Waals surface area contributed by atoms with Crippen LogP contribution in [0.3, 0.4) is 0 Å². The monoisotopic (exact) mass is 213 g/mol. The Morgan fingerprint density at radius 1 is 1.40 bits per heavy atom. The van der Waals surface area contributed by atoms with E-state index in [2.05, 4.69) is 18.7 Å². The van der Waals surface area contributed by atoms with Crippen LogP contribution < -0.4 is 0 Å². The van der Waals surface area contributed by atoms with Crippen LogP contribution in [0.4, 0.5) is 0 Å². The fourth-order valence-corrected chi connectivity index (χ4v) is 2.44. The number of hydrogen-bond donors (Lipinski definition) is 0. The molecule has 1 heterocycles. The quantitative estimate of drug-likeness (QED) is 0.671. The molecule has 0 aromatic heterocycles. The number of piperidine rings is 1. The SMILES string of the molecule is CCOC(=O)[C@H](C)N1C[C@@H](C)C[C@H](C)C1. The molecule has 0 unspecified atom stereocenters. The van der Waals surface area contributed by atoms with Crippen LogP contribution in [-0.4, -0.2) is 36.6 Å². The summed E-state index contributed by atoms with van der Waals surface area (Å²) in [7, 11) is 0. The van der Waals surface area contributed by atoms with Crippen molar-refractivity contribution in [3.63, 3.8) is 0 Å². The standard InChI is InChI=1S/C12H23NO2/c1-5-15-12(14)11(4)13-7-9(2)6-10(3)8-13/h9-11H,5-8H2,1-4H3/t9-,10-,11-/m0/s1.